The Morgan fingerprint density at radius 3 is 2.68 bits per heavy atom. The Kier molecular flexibility index (Phi) is 9.18. The van der Waals surface area contributed by atoms with Crippen molar-refractivity contribution in [2.75, 3.05) is 19.9 Å². The van der Waals surface area contributed by atoms with Gasteiger partial charge in [0, 0.05) is 31.8 Å². The van der Waals surface area contributed by atoms with Gasteiger partial charge >= 0.3 is 5.69 Å². The van der Waals surface area contributed by atoms with Gasteiger partial charge in [-0.3, -0.25) is 14.3 Å². The fourth-order valence-electron chi connectivity index (χ4n) is 3.53. The van der Waals surface area contributed by atoms with Gasteiger partial charge in [-0.15, -0.1) is 0 Å². The summed E-state index contributed by atoms with van der Waals surface area (Å²) in [6, 6.07) is -0.777. The smallest absolute Gasteiger partial charge is 0.328 e. The molecule has 0 amide bonds. The molecule has 1 saturated heterocycles. The molecule has 5 unspecified atom stereocenters. The van der Waals surface area contributed by atoms with E-state index in [0.29, 0.717) is 12.2 Å². The molecule has 0 saturated carbocycles. The van der Waals surface area contributed by atoms with Crippen LogP contribution in [0.3, 0.4) is 0 Å². The van der Waals surface area contributed by atoms with Gasteiger partial charge in [0.25, 0.3) is 5.56 Å². The highest BCUT2D eigenvalue weighted by molar-refractivity contribution is 7.47. The van der Waals surface area contributed by atoms with E-state index in [-0.39, 0.29) is 32.3 Å². The number of aryl methyl sites for hydroxylation is 1. The van der Waals surface area contributed by atoms with E-state index in [4.69, 9.17) is 15.4 Å². The molecule has 1 aliphatic rings. The number of rotatable bonds is 10. The molecule has 31 heavy (non-hydrogen) atoms. The Hall–Kier alpha value is -1.16. The molecule has 178 valence electrons. The van der Waals surface area contributed by atoms with Crippen LogP contribution in [0.15, 0.2) is 15.8 Å². The maximum Gasteiger partial charge on any atom is 0.328 e. The summed E-state index contributed by atoms with van der Waals surface area (Å²) in [7, 11) is -1.49. The van der Waals surface area contributed by atoms with E-state index in [1.54, 1.807) is 6.92 Å². The minimum Gasteiger partial charge on any atom is -0.373 e. The van der Waals surface area contributed by atoms with Gasteiger partial charge in [-0.05, 0) is 48.4 Å². The molecular weight excluding hydrogens is 426 g/mol. The highest BCUT2D eigenvalue weighted by atomic mass is 31.2. The minimum atomic E-state index is -1.62. The average molecular weight is 464 g/mol. The molecule has 0 spiro atoms. The summed E-state index contributed by atoms with van der Waals surface area (Å²) in [5, 5.41) is 3.23. The Morgan fingerprint density at radius 2 is 2.10 bits per heavy atom. The van der Waals surface area contributed by atoms with Gasteiger partial charge in [0.2, 0.25) is 0 Å². The molecule has 0 radical (unpaired) electrons. The Bertz CT molecular complexity index is 831. The van der Waals surface area contributed by atoms with E-state index in [0.717, 1.165) is 4.57 Å². The molecule has 1 aromatic rings. The van der Waals surface area contributed by atoms with Crippen molar-refractivity contribution in [2.45, 2.75) is 84.9 Å². The highest BCUT2D eigenvalue weighted by Gasteiger charge is 2.44. The van der Waals surface area contributed by atoms with Crippen molar-refractivity contribution >= 4 is 8.45 Å². The van der Waals surface area contributed by atoms with Crippen molar-refractivity contribution in [1.29, 1.82) is 0 Å². The number of nitrogens with one attached hydrogen (secondary N) is 2. The van der Waals surface area contributed by atoms with Gasteiger partial charge in [-0.2, -0.15) is 0 Å². The Balaban J connectivity index is 2.35. The zero-order valence-corrected chi connectivity index (χ0v) is 20.0. The van der Waals surface area contributed by atoms with Crippen LogP contribution in [0.4, 0.5) is 4.39 Å². The quantitative estimate of drug-likeness (QED) is 0.313. The van der Waals surface area contributed by atoms with Gasteiger partial charge in [-0.1, -0.05) is 0 Å². The maximum absolute atomic E-state index is 15.9. The average Bonchev–Trinajstić information content (AvgIpc) is 2.72. The number of aromatic nitrogens is 2. The number of aromatic amines is 1. The van der Waals surface area contributed by atoms with Crippen molar-refractivity contribution in [3.63, 3.8) is 0 Å². The predicted molar refractivity (Wildman–Crippen MR) is 119 cm³/mol. The first-order valence-corrected chi connectivity index (χ1v) is 11.8. The van der Waals surface area contributed by atoms with E-state index in [2.05, 4.69) is 14.7 Å². The van der Waals surface area contributed by atoms with Crippen LogP contribution in [0.5, 0.6) is 0 Å². The predicted octanol–water partition coefficient (Wildman–Crippen LogP) is 2.46. The Morgan fingerprint density at radius 1 is 1.42 bits per heavy atom. The van der Waals surface area contributed by atoms with E-state index in [9.17, 15) is 9.59 Å². The molecule has 0 aliphatic carbocycles. The number of ether oxygens (including phenoxy) is 2. The molecule has 0 bridgehead atoms. The zero-order chi connectivity index (χ0) is 24.0. The zero-order valence-electron chi connectivity index (χ0n) is 20.1. The summed E-state index contributed by atoms with van der Waals surface area (Å²) >= 11 is 0. The van der Waals surface area contributed by atoms with Crippen molar-refractivity contribution in [3.8, 4) is 0 Å². The summed E-state index contributed by atoms with van der Waals surface area (Å²) < 4.78 is 44.4. The number of hydrogen-bond donors (Lipinski definition) is 2. The lowest BCUT2D eigenvalue weighted by molar-refractivity contribution is -0.118. The van der Waals surface area contributed by atoms with Gasteiger partial charge in [0.05, 0.1) is 18.8 Å². The van der Waals surface area contributed by atoms with Crippen molar-refractivity contribution in [2.24, 2.45) is 0 Å². The largest absolute Gasteiger partial charge is 0.373 e. The first kappa shape index (κ1) is 24.5. The van der Waals surface area contributed by atoms with Crippen molar-refractivity contribution < 1.29 is 19.8 Å². The highest BCUT2D eigenvalue weighted by Crippen LogP contribution is 2.45. The molecule has 2 heterocycles. The SMILES string of the molecule is [2H]CC1OCC(n2cc(C)c(=O)[nH]c2=O)C(F)C1OP(NCOCC)N(C(C)C)C(C)C. The van der Waals surface area contributed by atoms with Gasteiger partial charge in [0.1, 0.15) is 12.8 Å². The van der Waals surface area contributed by atoms with Crippen molar-refractivity contribution in [3.05, 3.63) is 32.6 Å². The van der Waals surface area contributed by atoms with Gasteiger partial charge < -0.3 is 14.0 Å². The normalized spacial score (nSPS) is 25.9. The van der Waals surface area contributed by atoms with Gasteiger partial charge in [-0.25, -0.2) is 18.9 Å². The summed E-state index contributed by atoms with van der Waals surface area (Å²) in [5.41, 5.74) is -0.922. The standard InChI is InChI=1S/C20H36FN4O5P/c1-8-28-11-22-31(25(12(2)3)13(4)5)30-18-15(7)29-10-16(17(18)21)24-9-14(6)19(26)23-20(24)27/h9,12-13,15-18,22H,8,10-11H2,1-7H3,(H,23,26,27)/i7D. The van der Waals surface area contributed by atoms with Crippen molar-refractivity contribution in [1.82, 2.24) is 19.3 Å². The summed E-state index contributed by atoms with van der Waals surface area (Å²) in [6.45, 7) is 12.0. The molecule has 11 heteroatoms. The second-order valence-corrected chi connectivity index (χ2v) is 9.60. The third kappa shape index (κ3) is 6.43. The monoisotopic (exact) mass is 463 g/mol. The van der Waals surface area contributed by atoms with E-state index in [1.807, 2.05) is 34.6 Å². The number of nitrogens with zero attached hydrogens (tertiary/aromatic N) is 2. The van der Waals surface area contributed by atoms with Crippen LogP contribution in [0.2, 0.25) is 0 Å². The molecule has 2 rings (SSSR count). The third-order valence-corrected chi connectivity index (χ3v) is 7.21. The molecular formula is C20H36FN4O5P. The molecule has 1 aromatic heterocycles. The van der Waals surface area contributed by atoms with Crippen LogP contribution < -0.4 is 16.3 Å². The lowest BCUT2D eigenvalue weighted by Crippen LogP contribution is -2.52. The van der Waals surface area contributed by atoms with E-state index < -0.39 is 44.1 Å². The lowest BCUT2D eigenvalue weighted by Gasteiger charge is -2.43. The molecule has 5 atom stereocenters. The van der Waals surface area contributed by atoms with Crippen LogP contribution in [-0.2, 0) is 14.0 Å². The molecule has 0 aromatic carbocycles. The minimum absolute atomic E-state index is 0.0989. The maximum atomic E-state index is 15.9. The Labute approximate surface area is 185 Å². The van der Waals surface area contributed by atoms with Crippen LogP contribution in [0.1, 0.15) is 54.5 Å². The van der Waals surface area contributed by atoms with E-state index in [1.165, 1.54) is 6.20 Å². The number of alkyl halides is 1. The summed E-state index contributed by atoms with van der Waals surface area (Å²) in [5.74, 6) is 0. The third-order valence-electron chi connectivity index (χ3n) is 5.03. The van der Waals surface area contributed by atoms with Crippen LogP contribution >= 0.6 is 8.45 Å². The molecule has 2 N–H and O–H groups in total. The fourth-order valence-corrected chi connectivity index (χ4v) is 5.40. The first-order chi connectivity index (χ1) is 15.1. The number of hydrogen-bond acceptors (Lipinski definition) is 7. The lowest BCUT2D eigenvalue weighted by atomic mass is 10.00. The van der Waals surface area contributed by atoms with Crippen LogP contribution in [-0.4, -0.2) is 64.6 Å². The number of H-pyrrole nitrogens is 1. The second-order valence-electron chi connectivity index (χ2n) is 8.07. The first-order valence-electron chi connectivity index (χ1n) is 11.3. The number of halogens is 1. The topological polar surface area (TPSA) is 97.8 Å². The molecule has 1 aliphatic heterocycles. The summed E-state index contributed by atoms with van der Waals surface area (Å²) in [4.78, 5) is 26.3. The fraction of sp³-hybridized carbons (Fsp3) is 0.800. The molecule has 9 nitrogen and oxygen atoms in total. The van der Waals surface area contributed by atoms with E-state index >= 15 is 4.39 Å². The van der Waals surface area contributed by atoms with Crippen LogP contribution in [0.25, 0.3) is 0 Å². The summed E-state index contributed by atoms with van der Waals surface area (Å²) in [6.07, 6.45) is -2.15. The molecule has 1 fully saturated rings. The van der Waals surface area contributed by atoms with Crippen LogP contribution in [0, 0.1) is 6.92 Å². The second kappa shape index (κ2) is 11.6. The van der Waals surface area contributed by atoms with Gasteiger partial charge in [0.15, 0.2) is 14.6 Å².